The minimum absolute atomic E-state index is 0.136. The Hall–Kier alpha value is -4.26. The summed E-state index contributed by atoms with van der Waals surface area (Å²) >= 11 is 0. The largest absolute Gasteiger partial charge is 0.493 e. The van der Waals surface area contributed by atoms with Crippen LogP contribution in [0.2, 0.25) is 0 Å². The summed E-state index contributed by atoms with van der Waals surface area (Å²) in [5, 5.41) is -0.155. The number of nitrogens with one attached hydrogen (secondary N) is 1. The van der Waals surface area contributed by atoms with Gasteiger partial charge in [0.2, 0.25) is 0 Å². The zero-order valence-corrected chi connectivity index (χ0v) is 26.8. The number of rotatable bonds is 17. The van der Waals surface area contributed by atoms with Crippen LogP contribution in [0.15, 0.2) is 52.7 Å². The minimum atomic E-state index is -4.07. The number of hydrogen-bond donors (Lipinski definition) is 1. The summed E-state index contributed by atoms with van der Waals surface area (Å²) in [7, 11) is 0.864. The van der Waals surface area contributed by atoms with Crippen molar-refractivity contribution in [2.45, 2.75) is 63.8 Å². The number of aromatic nitrogens is 4. The van der Waals surface area contributed by atoms with E-state index in [1.54, 1.807) is 58.4 Å². The first kappa shape index (κ1) is 32.6. The van der Waals surface area contributed by atoms with E-state index >= 15 is 0 Å². The number of ether oxygens (including phenoxy) is 3. The summed E-state index contributed by atoms with van der Waals surface area (Å²) in [5.41, 5.74) is 0.956. The molecule has 4 aromatic rings. The first-order chi connectivity index (χ1) is 21.0. The van der Waals surface area contributed by atoms with Crippen molar-refractivity contribution in [3.05, 3.63) is 53.3 Å². The van der Waals surface area contributed by atoms with Gasteiger partial charge in [0.25, 0.3) is 10.0 Å². The van der Waals surface area contributed by atoms with E-state index in [0.29, 0.717) is 47.9 Å². The maximum Gasteiger partial charge on any atom is 0.328 e. The highest BCUT2D eigenvalue weighted by molar-refractivity contribution is 7.92. The lowest BCUT2D eigenvalue weighted by Gasteiger charge is -2.16. The fourth-order valence-corrected chi connectivity index (χ4v) is 5.77. The molecule has 0 saturated carbocycles. The van der Waals surface area contributed by atoms with E-state index in [2.05, 4.69) is 9.71 Å². The zero-order valence-electron chi connectivity index (χ0n) is 26.0. The van der Waals surface area contributed by atoms with Gasteiger partial charge in [-0.15, -0.1) is 0 Å². The number of sulfonamides is 1. The summed E-state index contributed by atoms with van der Waals surface area (Å²) < 4.78 is 51.7. The van der Waals surface area contributed by atoms with E-state index in [0.717, 1.165) is 38.5 Å². The van der Waals surface area contributed by atoms with Gasteiger partial charge in [0.15, 0.2) is 10.8 Å². The number of Topliss-reactive ketones (excluding diaryl/α,β-unsaturated/α-hetero) is 1. The summed E-state index contributed by atoms with van der Waals surface area (Å²) in [6.45, 7) is 4.62. The Morgan fingerprint density at radius 3 is 2.11 bits per heavy atom. The predicted octanol–water partition coefficient (Wildman–Crippen LogP) is 5.30. The number of carbonyl (C=O) groups is 1. The van der Waals surface area contributed by atoms with Crippen LogP contribution in [-0.2, 0) is 36.0 Å². The fraction of sp³-hybridized carbons (Fsp3) is 0.452. The highest BCUT2D eigenvalue weighted by Gasteiger charge is 2.22. The molecule has 4 rings (SSSR count). The molecule has 238 valence electrons. The number of imidazole rings is 2. The molecule has 0 aliphatic rings. The Labute approximate surface area is 257 Å². The highest BCUT2D eigenvalue weighted by atomic mass is 32.2. The summed E-state index contributed by atoms with van der Waals surface area (Å²) in [6, 6.07) is 8.42. The van der Waals surface area contributed by atoms with Gasteiger partial charge in [-0.2, -0.15) is 8.42 Å². The molecule has 2 heterocycles. The van der Waals surface area contributed by atoms with Gasteiger partial charge in [0, 0.05) is 58.0 Å². The standard InChI is InChI=1S/C31H41N5O7S/c1-6-13-41-23-15-24(42-14-11-9-7-8-10-12-22(2)37)17-25(16-23)43-29-19-28-27(35(4)31(38)36(28)5)18-26(29)33-44(39,40)30-20-34(3)21-32-30/h15-21,33H,6-14H2,1-5H3. The number of unbranched alkanes of at least 4 members (excludes halogenated alkanes) is 4. The first-order valence-electron chi connectivity index (χ1n) is 14.8. The van der Waals surface area contributed by atoms with Gasteiger partial charge >= 0.3 is 5.69 Å². The van der Waals surface area contributed by atoms with E-state index < -0.39 is 10.0 Å². The molecule has 0 spiro atoms. The number of anilines is 1. The van der Waals surface area contributed by atoms with Gasteiger partial charge in [-0.25, -0.2) is 9.78 Å². The lowest BCUT2D eigenvalue weighted by Crippen LogP contribution is -2.19. The molecule has 0 amide bonds. The quantitative estimate of drug-likeness (QED) is 0.156. The number of fused-ring (bicyclic) bond motifs is 1. The van der Waals surface area contributed by atoms with Gasteiger partial charge in [-0.1, -0.05) is 26.2 Å². The van der Waals surface area contributed by atoms with E-state index in [4.69, 9.17) is 14.2 Å². The maximum atomic E-state index is 13.2. The van der Waals surface area contributed by atoms with Crippen LogP contribution in [0.25, 0.3) is 11.0 Å². The second-order valence-electron chi connectivity index (χ2n) is 10.9. The molecule has 0 fully saturated rings. The van der Waals surface area contributed by atoms with Crippen LogP contribution in [0.4, 0.5) is 5.69 Å². The van der Waals surface area contributed by atoms with Crippen molar-refractivity contribution >= 4 is 32.5 Å². The second-order valence-corrected chi connectivity index (χ2v) is 12.5. The SMILES string of the molecule is CCCOc1cc(OCCCCCCCC(C)=O)cc(Oc2cc3c(cc2NS(=O)(=O)c2cn(C)cn2)n(C)c(=O)n3C)c1. The maximum absolute atomic E-state index is 13.2. The molecular formula is C31H41N5O7S. The van der Waals surface area contributed by atoms with Crippen molar-refractivity contribution in [3.63, 3.8) is 0 Å². The Morgan fingerprint density at radius 1 is 0.864 bits per heavy atom. The van der Waals surface area contributed by atoms with Gasteiger partial charge in [0.1, 0.15) is 23.0 Å². The lowest BCUT2D eigenvalue weighted by atomic mass is 10.1. The van der Waals surface area contributed by atoms with Crippen LogP contribution in [-0.4, -0.2) is 46.1 Å². The second kappa shape index (κ2) is 14.5. The fourth-order valence-electron chi connectivity index (χ4n) is 4.73. The number of ketones is 1. The van der Waals surface area contributed by atoms with Gasteiger partial charge < -0.3 is 23.6 Å². The molecule has 0 atom stereocenters. The predicted molar refractivity (Wildman–Crippen MR) is 168 cm³/mol. The summed E-state index contributed by atoms with van der Waals surface area (Å²) in [4.78, 5) is 27.8. The molecule has 0 saturated heterocycles. The number of hydrogen-bond acceptors (Lipinski definition) is 8. The Kier molecular flexibility index (Phi) is 10.7. The molecule has 0 aliphatic carbocycles. The number of aryl methyl sites for hydroxylation is 3. The first-order valence-corrected chi connectivity index (χ1v) is 16.2. The van der Waals surface area contributed by atoms with E-state index in [1.807, 2.05) is 6.92 Å². The third-order valence-electron chi connectivity index (χ3n) is 7.07. The Balaban J connectivity index is 1.60. The van der Waals surface area contributed by atoms with Gasteiger partial charge in [-0.05, 0) is 32.3 Å². The molecular weight excluding hydrogens is 586 g/mol. The smallest absolute Gasteiger partial charge is 0.328 e. The van der Waals surface area contributed by atoms with Crippen LogP contribution < -0.4 is 24.6 Å². The van der Waals surface area contributed by atoms with Crippen molar-refractivity contribution in [2.24, 2.45) is 21.1 Å². The number of nitrogens with zero attached hydrogens (tertiary/aromatic N) is 4. The van der Waals surface area contributed by atoms with Crippen LogP contribution in [0.3, 0.4) is 0 Å². The lowest BCUT2D eigenvalue weighted by molar-refractivity contribution is -0.117. The van der Waals surface area contributed by atoms with Crippen molar-refractivity contribution < 1.29 is 27.4 Å². The molecule has 12 nitrogen and oxygen atoms in total. The summed E-state index contributed by atoms with van der Waals surface area (Å²) in [5.74, 6) is 1.88. The van der Waals surface area contributed by atoms with Crippen LogP contribution >= 0.6 is 0 Å². The van der Waals surface area contributed by atoms with Crippen LogP contribution in [0, 0.1) is 0 Å². The number of carbonyl (C=O) groups excluding carboxylic acids is 1. The van der Waals surface area contributed by atoms with E-state index in [-0.39, 0.29) is 27.9 Å². The molecule has 0 unspecified atom stereocenters. The van der Waals surface area contributed by atoms with Crippen molar-refractivity contribution in [3.8, 4) is 23.0 Å². The van der Waals surface area contributed by atoms with Gasteiger partial charge in [0.05, 0.1) is 36.3 Å². The van der Waals surface area contributed by atoms with Crippen LogP contribution in [0.5, 0.6) is 23.0 Å². The van der Waals surface area contributed by atoms with Crippen molar-refractivity contribution in [2.75, 3.05) is 17.9 Å². The topological polar surface area (TPSA) is 136 Å². The molecule has 13 heteroatoms. The minimum Gasteiger partial charge on any atom is -0.493 e. The molecule has 0 aliphatic heterocycles. The normalized spacial score (nSPS) is 11.6. The van der Waals surface area contributed by atoms with Crippen molar-refractivity contribution in [1.82, 2.24) is 18.7 Å². The summed E-state index contributed by atoms with van der Waals surface area (Å²) in [6.07, 6.45) is 9.03. The van der Waals surface area contributed by atoms with Crippen LogP contribution in [0.1, 0.15) is 58.8 Å². The molecule has 44 heavy (non-hydrogen) atoms. The number of benzene rings is 2. The van der Waals surface area contributed by atoms with E-state index in [1.165, 1.54) is 26.2 Å². The average Bonchev–Trinajstić information content (AvgIpc) is 3.51. The third kappa shape index (κ3) is 8.22. The zero-order chi connectivity index (χ0) is 31.9. The third-order valence-corrected chi connectivity index (χ3v) is 8.32. The Morgan fingerprint density at radius 2 is 1.48 bits per heavy atom. The molecule has 1 N–H and O–H groups in total. The average molecular weight is 628 g/mol. The van der Waals surface area contributed by atoms with Crippen molar-refractivity contribution in [1.29, 1.82) is 0 Å². The molecule has 2 aromatic carbocycles. The van der Waals surface area contributed by atoms with Gasteiger partial charge in [-0.3, -0.25) is 13.9 Å². The molecule has 0 radical (unpaired) electrons. The highest BCUT2D eigenvalue weighted by Crippen LogP contribution is 2.37. The molecule has 0 bridgehead atoms. The molecule has 2 aromatic heterocycles. The monoisotopic (exact) mass is 627 g/mol. The van der Waals surface area contributed by atoms with E-state index in [9.17, 15) is 18.0 Å². The Bertz CT molecular complexity index is 1770.